The lowest BCUT2D eigenvalue weighted by Crippen LogP contribution is -2.26. The number of hydrogen-bond acceptors (Lipinski definition) is 5. The van der Waals surface area contributed by atoms with Crippen molar-refractivity contribution in [2.75, 3.05) is 11.0 Å². The fourth-order valence-electron chi connectivity index (χ4n) is 4.29. The van der Waals surface area contributed by atoms with Crippen LogP contribution in [-0.2, 0) is 19.6 Å². The van der Waals surface area contributed by atoms with Crippen molar-refractivity contribution in [1.82, 2.24) is 0 Å². The maximum absolute atomic E-state index is 12.4. The van der Waals surface area contributed by atoms with Crippen LogP contribution in [0.4, 0.5) is 5.69 Å². The van der Waals surface area contributed by atoms with Crippen LogP contribution >= 0.6 is 0 Å². The molecule has 0 aromatic heterocycles. The van der Waals surface area contributed by atoms with Gasteiger partial charge in [0.15, 0.2) is 6.10 Å². The van der Waals surface area contributed by atoms with Gasteiger partial charge in [-0.2, -0.15) is 0 Å². The van der Waals surface area contributed by atoms with Gasteiger partial charge in [0, 0.05) is 17.7 Å². The minimum atomic E-state index is -3.36. The molecule has 1 aromatic carbocycles. The number of Topliss-reactive ketones (excluding diaryl/α,β-unsaturated/α-hetero) is 1. The second-order valence-corrected chi connectivity index (χ2v) is 9.34. The Kier molecular flexibility index (Phi) is 5.37. The Hall–Kier alpha value is -1.89. The van der Waals surface area contributed by atoms with E-state index in [0.29, 0.717) is 29.5 Å². The highest BCUT2D eigenvalue weighted by Crippen LogP contribution is 2.49. The lowest BCUT2D eigenvalue weighted by Gasteiger charge is -2.21. The van der Waals surface area contributed by atoms with E-state index in [1.54, 1.807) is 6.92 Å². The van der Waals surface area contributed by atoms with Crippen molar-refractivity contribution in [3.05, 3.63) is 29.8 Å². The van der Waals surface area contributed by atoms with Crippen molar-refractivity contribution in [3.63, 3.8) is 0 Å². The number of sulfonamides is 1. The van der Waals surface area contributed by atoms with Gasteiger partial charge >= 0.3 is 5.97 Å². The van der Waals surface area contributed by atoms with E-state index in [0.717, 1.165) is 18.6 Å². The van der Waals surface area contributed by atoms with Crippen molar-refractivity contribution >= 4 is 27.5 Å². The van der Waals surface area contributed by atoms with Crippen LogP contribution in [0.3, 0.4) is 0 Å². The SMILES string of the molecule is CC(OC(=O)CC1CC2CCC1C2)C(=O)c1ccc(NS(C)(=O)=O)cc1. The Balaban J connectivity index is 1.53. The molecule has 4 atom stereocenters. The molecular weight excluding hydrogens is 354 g/mol. The molecule has 0 radical (unpaired) electrons. The Morgan fingerprint density at radius 3 is 2.42 bits per heavy atom. The maximum atomic E-state index is 12.4. The monoisotopic (exact) mass is 379 g/mol. The molecule has 1 aromatic rings. The molecule has 2 aliphatic carbocycles. The van der Waals surface area contributed by atoms with E-state index in [-0.39, 0.29) is 11.8 Å². The molecule has 0 heterocycles. The van der Waals surface area contributed by atoms with Crippen LogP contribution < -0.4 is 4.72 Å². The summed E-state index contributed by atoms with van der Waals surface area (Å²) >= 11 is 0. The first-order chi connectivity index (χ1) is 12.2. The highest BCUT2D eigenvalue weighted by Gasteiger charge is 2.40. The molecule has 0 amide bonds. The van der Waals surface area contributed by atoms with Crippen molar-refractivity contribution in [3.8, 4) is 0 Å². The van der Waals surface area contributed by atoms with Gasteiger partial charge in [-0.05, 0) is 68.2 Å². The summed E-state index contributed by atoms with van der Waals surface area (Å²) < 4.78 is 30.1. The van der Waals surface area contributed by atoms with Crippen molar-refractivity contribution in [2.24, 2.45) is 17.8 Å². The zero-order chi connectivity index (χ0) is 18.9. The van der Waals surface area contributed by atoms with Gasteiger partial charge in [-0.25, -0.2) is 8.42 Å². The summed E-state index contributed by atoms with van der Waals surface area (Å²) in [4.78, 5) is 24.6. The van der Waals surface area contributed by atoms with E-state index in [1.165, 1.54) is 43.5 Å². The van der Waals surface area contributed by atoms with Gasteiger partial charge < -0.3 is 4.74 Å². The van der Waals surface area contributed by atoms with E-state index in [4.69, 9.17) is 4.74 Å². The normalized spacial score (nSPS) is 25.7. The fraction of sp³-hybridized carbons (Fsp3) is 0.579. The molecule has 0 saturated heterocycles. The predicted molar refractivity (Wildman–Crippen MR) is 98.3 cm³/mol. The molecule has 7 heteroatoms. The van der Waals surface area contributed by atoms with E-state index in [1.807, 2.05) is 0 Å². The number of ketones is 1. The molecule has 2 saturated carbocycles. The minimum Gasteiger partial charge on any atom is -0.454 e. The maximum Gasteiger partial charge on any atom is 0.306 e. The molecule has 2 aliphatic rings. The van der Waals surface area contributed by atoms with Gasteiger partial charge in [0.05, 0.1) is 6.26 Å². The smallest absolute Gasteiger partial charge is 0.306 e. The molecular formula is C19H25NO5S. The highest BCUT2D eigenvalue weighted by molar-refractivity contribution is 7.92. The lowest BCUT2D eigenvalue weighted by molar-refractivity contribution is -0.147. The second-order valence-electron chi connectivity index (χ2n) is 7.59. The van der Waals surface area contributed by atoms with E-state index >= 15 is 0 Å². The molecule has 0 aliphatic heterocycles. The molecule has 2 fully saturated rings. The number of carbonyl (C=O) groups excluding carboxylic acids is 2. The first-order valence-corrected chi connectivity index (χ1v) is 10.9. The van der Waals surface area contributed by atoms with Crippen LogP contribution in [0.25, 0.3) is 0 Å². The summed E-state index contributed by atoms with van der Waals surface area (Å²) in [6.45, 7) is 1.57. The summed E-state index contributed by atoms with van der Waals surface area (Å²) in [6, 6.07) is 6.07. The fourth-order valence-corrected chi connectivity index (χ4v) is 4.85. The third kappa shape index (κ3) is 4.63. The first-order valence-electron chi connectivity index (χ1n) is 9.03. The zero-order valence-electron chi connectivity index (χ0n) is 15.1. The van der Waals surface area contributed by atoms with Crippen molar-refractivity contribution in [2.45, 2.75) is 45.1 Å². The predicted octanol–water partition coefficient (Wildman–Crippen LogP) is 3.00. The minimum absolute atomic E-state index is 0.294. The van der Waals surface area contributed by atoms with Crippen LogP contribution in [0.2, 0.25) is 0 Å². The van der Waals surface area contributed by atoms with Crippen molar-refractivity contribution < 1.29 is 22.7 Å². The van der Waals surface area contributed by atoms with Crippen LogP contribution in [-0.4, -0.2) is 32.5 Å². The van der Waals surface area contributed by atoms with Crippen LogP contribution in [0.15, 0.2) is 24.3 Å². The first kappa shape index (κ1) is 18.9. The van der Waals surface area contributed by atoms with Gasteiger partial charge in [0.25, 0.3) is 0 Å². The third-order valence-electron chi connectivity index (χ3n) is 5.46. The number of benzene rings is 1. The van der Waals surface area contributed by atoms with Crippen LogP contribution in [0.5, 0.6) is 0 Å². The Bertz CT molecular complexity index is 787. The molecule has 2 bridgehead atoms. The van der Waals surface area contributed by atoms with E-state index < -0.39 is 16.1 Å². The quantitative estimate of drug-likeness (QED) is 0.581. The molecule has 142 valence electrons. The number of anilines is 1. The lowest BCUT2D eigenvalue weighted by atomic mass is 9.86. The van der Waals surface area contributed by atoms with Crippen LogP contribution in [0, 0.1) is 17.8 Å². The van der Waals surface area contributed by atoms with Gasteiger partial charge in [-0.1, -0.05) is 6.42 Å². The number of nitrogens with one attached hydrogen (secondary N) is 1. The second kappa shape index (κ2) is 7.39. The largest absolute Gasteiger partial charge is 0.454 e. The molecule has 3 rings (SSSR count). The van der Waals surface area contributed by atoms with Crippen LogP contribution in [0.1, 0.15) is 49.4 Å². The number of fused-ring (bicyclic) bond motifs is 2. The summed E-state index contributed by atoms with van der Waals surface area (Å²) in [5, 5.41) is 0. The topological polar surface area (TPSA) is 89.5 Å². The van der Waals surface area contributed by atoms with Gasteiger partial charge in [0.1, 0.15) is 0 Å². The Labute approximate surface area is 154 Å². The number of hydrogen-bond donors (Lipinski definition) is 1. The molecule has 1 N–H and O–H groups in total. The summed E-state index contributed by atoms with van der Waals surface area (Å²) in [7, 11) is -3.36. The molecule has 6 nitrogen and oxygen atoms in total. The Morgan fingerprint density at radius 2 is 1.88 bits per heavy atom. The van der Waals surface area contributed by atoms with E-state index in [2.05, 4.69) is 4.72 Å². The standard InChI is InChI=1S/C19H25NO5S/c1-12(25-18(21)11-16-10-13-3-4-15(16)9-13)19(22)14-5-7-17(8-6-14)20-26(2,23)24/h5-8,12-13,15-16,20H,3-4,9-11H2,1-2H3. The Morgan fingerprint density at radius 1 is 1.19 bits per heavy atom. The summed E-state index contributed by atoms with van der Waals surface area (Å²) in [6.07, 6.45) is 5.45. The third-order valence-corrected chi connectivity index (χ3v) is 6.07. The molecule has 4 unspecified atom stereocenters. The highest BCUT2D eigenvalue weighted by atomic mass is 32.2. The van der Waals surface area contributed by atoms with Gasteiger partial charge in [-0.3, -0.25) is 14.3 Å². The number of esters is 1. The molecule has 0 spiro atoms. The average molecular weight is 379 g/mol. The van der Waals surface area contributed by atoms with Gasteiger partial charge in [-0.15, -0.1) is 0 Å². The number of carbonyl (C=O) groups is 2. The average Bonchev–Trinajstić information content (AvgIpc) is 3.16. The van der Waals surface area contributed by atoms with Crippen molar-refractivity contribution in [1.29, 1.82) is 0 Å². The molecule has 26 heavy (non-hydrogen) atoms. The van der Waals surface area contributed by atoms with Gasteiger partial charge in [0.2, 0.25) is 15.8 Å². The number of ether oxygens (including phenoxy) is 1. The summed E-state index contributed by atoms with van der Waals surface area (Å²) in [5.41, 5.74) is 0.759. The summed E-state index contributed by atoms with van der Waals surface area (Å²) in [5.74, 6) is 1.23. The number of rotatable bonds is 7. The zero-order valence-corrected chi connectivity index (χ0v) is 15.9. The van der Waals surface area contributed by atoms with E-state index in [9.17, 15) is 18.0 Å².